The molecule has 0 heterocycles. The van der Waals surface area contributed by atoms with Gasteiger partial charge in [0, 0.05) is 10.7 Å². The molecule has 1 aromatic carbocycles. The lowest BCUT2D eigenvalue weighted by Crippen LogP contribution is -2.10. The van der Waals surface area contributed by atoms with Gasteiger partial charge in [-0.25, -0.2) is 13.2 Å². The quantitative estimate of drug-likeness (QED) is 0.615. The molecule has 0 aromatic heterocycles. The van der Waals surface area contributed by atoms with Crippen molar-refractivity contribution in [2.24, 2.45) is 0 Å². The average molecular weight is 274 g/mol. The highest BCUT2D eigenvalue weighted by Crippen LogP contribution is 2.25. The summed E-state index contributed by atoms with van der Waals surface area (Å²) in [7, 11) is 2.27. The fourth-order valence-corrected chi connectivity index (χ4v) is 2.78. The maximum absolute atomic E-state index is 11.4. The Hall–Kier alpha value is -1.58. The van der Waals surface area contributed by atoms with Crippen LogP contribution in [0.3, 0.4) is 0 Å². The van der Waals surface area contributed by atoms with E-state index in [1.165, 1.54) is 18.2 Å². The molecule has 0 spiro atoms. The third kappa shape index (κ3) is 2.96. The number of methoxy groups -OCH3 is 1. The number of benzene rings is 1. The Bertz CT molecular complexity index is 589. The monoisotopic (exact) mass is 273 g/mol. The summed E-state index contributed by atoms with van der Waals surface area (Å²) in [5, 5.41) is 8.59. The summed E-state index contributed by atoms with van der Waals surface area (Å²) in [5.41, 5.74) is 0.000602. The van der Waals surface area contributed by atoms with Crippen molar-refractivity contribution in [3.05, 3.63) is 29.3 Å². The summed E-state index contributed by atoms with van der Waals surface area (Å²) in [5.74, 6) is -0.816. The Kier molecular flexibility index (Phi) is 4.10. The lowest BCUT2D eigenvalue weighted by Gasteiger charge is -2.08. The molecule has 0 fully saturated rings. The van der Waals surface area contributed by atoms with E-state index in [4.69, 9.17) is 15.9 Å². The standard InChI is InChI=1S/C10H8ClNO4S/c1-16-10(13)8-4-2-3-7(5-6-12)9(8)17(11,14)15/h2-4H,5H2,1H3. The fourth-order valence-electron chi connectivity index (χ4n) is 1.37. The van der Waals surface area contributed by atoms with E-state index >= 15 is 0 Å². The summed E-state index contributed by atoms with van der Waals surface area (Å²) in [6, 6.07) is 5.97. The minimum absolute atomic E-state index is 0.161. The Morgan fingerprint density at radius 1 is 1.53 bits per heavy atom. The number of halogens is 1. The Morgan fingerprint density at radius 3 is 2.65 bits per heavy atom. The van der Waals surface area contributed by atoms with Gasteiger partial charge in [0.05, 0.1) is 25.2 Å². The van der Waals surface area contributed by atoms with Gasteiger partial charge in [-0.2, -0.15) is 5.26 Å². The molecule has 0 saturated carbocycles. The van der Waals surface area contributed by atoms with Gasteiger partial charge in [0.15, 0.2) is 0 Å². The molecule has 0 bridgehead atoms. The van der Waals surface area contributed by atoms with Crippen molar-refractivity contribution in [1.29, 1.82) is 5.26 Å². The van der Waals surface area contributed by atoms with Gasteiger partial charge in [-0.3, -0.25) is 0 Å². The Balaban J connectivity index is 3.58. The average Bonchev–Trinajstić information content (AvgIpc) is 2.26. The van der Waals surface area contributed by atoms with Gasteiger partial charge in [-0.05, 0) is 11.6 Å². The summed E-state index contributed by atoms with van der Waals surface area (Å²) in [6.45, 7) is 0. The molecule has 17 heavy (non-hydrogen) atoms. The number of rotatable bonds is 3. The molecule has 5 nitrogen and oxygen atoms in total. The number of ether oxygens (including phenoxy) is 1. The third-order valence-corrected chi connectivity index (χ3v) is 3.45. The highest BCUT2D eigenvalue weighted by atomic mass is 35.7. The molecule has 0 aliphatic heterocycles. The van der Waals surface area contributed by atoms with E-state index in [-0.39, 0.29) is 22.4 Å². The molecule has 90 valence electrons. The van der Waals surface area contributed by atoms with Gasteiger partial charge in [0.1, 0.15) is 4.90 Å². The first-order valence-electron chi connectivity index (χ1n) is 4.43. The van der Waals surface area contributed by atoms with E-state index in [0.717, 1.165) is 7.11 Å². The second kappa shape index (κ2) is 5.17. The van der Waals surface area contributed by atoms with Crippen LogP contribution in [0.2, 0.25) is 0 Å². The molecule has 0 unspecified atom stereocenters. The molecule has 0 aliphatic rings. The van der Waals surface area contributed by atoms with Crippen molar-refractivity contribution in [2.75, 3.05) is 7.11 Å². The fraction of sp³-hybridized carbons (Fsp3) is 0.200. The topological polar surface area (TPSA) is 84.2 Å². The molecular formula is C10H8ClNO4S. The highest BCUT2D eigenvalue weighted by molar-refractivity contribution is 8.13. The molecule has 0 saturated heterocycles. The second-order valence-corrected chi connectivity index (χ2v) is 5.56. The summed E-state index contributed by atoms with van der Waals surface area (Å²) in [4.78, 5) is 11.0. The highest BCUT2D eigenvalue weighted by Gasteiger charge is 2.24. The molecule has 0 N–H and O–H groups in total. The maximum Gasteiger partial charge on any atom is 0.339 e. The van der Waals surface area contributed by atoms with E-state index in [9.17, 15) is 13.2 Å². The number of nitrogens with zero attached hydrogens (tertiary/aromatic N) is 1. The van der Waals surface area contributed by atoms with Gasteiger partial charge in [0.2, 0.25) is 0 Å². The molecule has 0 atom stereocenters. The van der Waals surface area contributed by atoms with Crippen LogP contribution >= 0.6 is 10.7 Å². The number of carbonyl (C=O) groups is 1. The van der Waals surface area contributed by atoms with Crippen molar-refractivity contribution in [3.8, 4) is 6.07 Å². The van der Waals surface area contributed by atoms with Crippen LogP contribution in [0.5, 0.6) is 0 Å². The summed E-state index contributed by atoms with van der Waals surface area (Å²) in [6.07, 6.45) is -0.161. The van der Waals surface area contributed by atoms with Crippen LogP contribution in [-0.4, -0.2) is 21.5 Å². The summed E-state index contributed by atoms with van der Waals surface area (Å²) < 4.78 is 27.3. The first-order chi connectivity index (χ1) is 7.91. The first-order valence-corrected chi connectivity index (χ1v) is 6.74. The van der Waals surface area contributed by atoms with Crippen molar-refractivity contribution in [3.63, 3.8) is 0 Å². The lowest BCUT2D eigenvalue weighted by molar-refractivity contribution is 0.0596. The second-order valence-electron chi connectivity index (χ2n) is 3.06. The van der Waals surface area contributed by atoms with Crippen LogP contribution in [-0.2, 0) is 20.2 Å². The minimum Gasteiger partial charge on any atom is -0.465 e. The molecule has 0 radical (unpaired) electrons. The van der Waals surface area contributed by atoms with Gasteiger partial charge >= 0.3 is 5.97 Å². The van der Waals surface area contributed by atoms with Gasteiger partial charge in [0.25, 0.3) is 9.05 Å². The smallest absolute Gasteiger partial charge is 0.339 e. The largest absolute Gasteiger partial charge is 0.465 e. The van der Waals surface area contributed by atoms with Gasteiger partial charge in [-0.1, -0.05) is 12.1 Å². The van der Waals surface area contributed by atoms with Crippen LogP contribution in [0.4, 0.5) is 0 Å². The number of nitriles is 1. The molecule has 1 rings (SSSR count). The number of hydrogen-bond donors (Lipinski definition) is 0. The number of hydrogen-bond acceptors (Lipinski definition) is 5. The predicted molar refractivity (Wildman–Crippen MR) is 60.1 cm³/mol. The molecular weight excluding hydrogens is 266 g/mol. The van der Waals surface area contributed by atoms with Crippen molar-refractivity contribution in [1.82, 2.24) is 0 Å². The molecule has 0 aliphatic carbocycles. The summed E-state index contributed by atoms with van der Waals surface area (Å²) >= 11 is 0. The predicted octanol–water partition coefficient (Wildman–Crippen LogP) is 1.47. The van der Waals surface area contributed by atoms with E-state index in [1.54, 1.807) is 6.07 Å². The van der Waals surface area contributed by atoms with E-state index < -0.39 is 15.0 Å². The Morgan fingerprint density at radius 2 is 2.18 bits per heavy atom. The van der Waals surface area contributed by atoms with E-state index in [0.29, 0.717) is 0 Å². The van der Waals surface area contributed by atoms with E-state index in [1.807, 2.05) is 0 Å². The molecule has 7 heteroatoms. The molecule has 1 aromatic rings. The van der Waals surface area contributed by atoms with Crippen LogP contribution < -0.4 is 0 Å². The van der Waals surface area contributed by atoms with Crippen LogP contribution in [0.15, 0.2) is 23.1 Å². The zero-order valence-corrected chi connectivity index (χ0v) is 10.4. The van der Waals surface area contributed by atoms with Crippen molar-refractivity contribution < 1.29 is 17.9 Å². The lowest BCUT2D eigenvalue weighted by atomic mass is 10.1. The van der Waals surface area contributed by atoms with Crippen LogP contribution in [0, 0.1) is 11.3 Å². The van der Waals surface area contributed by atoms with Crippen molar-refractivity contribution >= 4 is 25.7 Å². The molecule has 0 amide bonds. The Labute approximate surface area is 103 Å². The maximum atomic E-state index is 11.4. The number of esters is 1. The van der Waals surface area contributed by atoms with Crippen LogP contribution in [0.1, 0.15) is 15.9 Å². The van der Waals surface area contributed by atoms with E-state index in [2.05, 4.69) is 4.74 Å². The van der Waals surface area contributed by atoms with Crippen LogP contribution in [0.25, 0.3) is 0 Å². The van der Waals surface area contributed by atoms with Gasteiger partial charge < -0.3 is 4.74 Å². The zero-order chi connectivity index (χ0) is 13.1. The van der Waals surface area contributed by atoms with Gasteiger partial charge in [-0.15, -0.1) is 0 Å². The minimum atomic E-state index is -4.12. The normalized spacial score (nSPS) is 10.6. The SMILES string of the molecule is COC(=O)c1cccc(CC#N)c1S(=O)(=O)Cl. The third-order valence-electron chi connectivity index (χ3n) is 2.02. The zero-order valence-electron chi connectivity index (χ0n) is 8.81. The first kappa shape index (κ1) is 13.5. The van der Waals surface area contributed by atoms with Crippen molar-refractivity contribution in [2.45, 2.75) is 11.3 Å². The number of carbonyl (C=O) groups excluding carboxylic acids is 1.